The van der Waals surface area contributed by atoms with E-state index < -0.39 is 0 Å². The van der Waals surface area contributed by atoms with Gasteiger partial charge in [0.2, 0.25) is 0 Å². The van der Waals surface area contributed by atoms with E-state index in [2.05, 4.69) is 19.2 Å². The predicted octanol–water partition coefficient (Wildman–Crippen LogP) is 3.51. The monoisotopic (exact) mass is 227 g/mol. The fourth-order valence-corrected chi connectivity index (χ4v) is 2.55. The minimum absolute atomic E-state index is 0.169. The van der Waals surface area contributed by atoms with Gasteiger partial charge in [0.25, 0.3) is 0 Å². The molecule has 0 bridgehead atoms. The van der Waals surface area contributed by atoms with Gasteiger partial charge in [-0.1, -0.05) is 52.4 Å². The lowest BCUT2D eigenvalue weighted by atomic mass is 9.89. The summed E-state index contributed by atoms with van der Waals surface area (Å²) in [6, 6.07) is 0. The van der Waals surface area contributed by atoms with Crippen LogP contribution in [0, 0.1) is 0 Å². The van der Waals surface area contributed by atoms with E-state index in [4.69, 9.17) is 4.74 Å². The molecule has 1 N–H and O–H groups in total. The van der Waals surface area contributed by atoms with Crippen molar-refractivity contribution in [3.05, 3.63) is 0 Å². The van der Waals surface area contributed by atoms with Gasteiger partial charge in [0.05, 0.1) is 12.2 Å². The normalized spacial score (nSPS) is 19.9. The molecule has 0 atom stereocenters. The molecule has 0 unspecified atom stereocenters. The lowest BCUT2D eigenvalue weighted by molar-refractivity contribution is -0.0790. The molecular formula is C14H29NO. The molecule has 96 valence electrons. The highest BCUT2D eigenvalue weighted by molar-refractivity contribution is 4.86. The van der Waals surface area contributed by atoms with Crippen LogP contribution < -0.4 is 5.32 Å². The zero-order valence-electron chi connectivity index (χ0n) is 11.2. The van der Waals surface area contributed by atoms with Crippen LogP contribution in [0.4, 0.5) is 0 Å². The van der Waals surface area contributed by atoms with Crippen molar-refractivity contribution >= 4 is 0 Å². The number of ether oxygens (including phenoxy) is 1. The first-order valence-corrected chi connectivity index (χ1v) is 7.17. The molecule has 0 amide bonds. The average molecular weight is 227 g/mol. The minimum Gasteiger partial charge on any atom is -0.372 e. The van der Waals surface area contributed by atoms with Crippen molar-refractivity contribution in [2.75, 3.05) is 19.7 Å². The maximum absolute atomic E-state index is 6.10. The van der Waals surface area contributed by atoms with Crippen LogP contribution in [0.5, 0.6) is 0 Å². The first kappa shape index (κ1) is 14.0. The van der Waals surface area contributed by atoms with Crippen LogP contribution in [0.3, 0.4) is 0 Å². The SMILES string of the molecule is CCCCCC1(CCCCC)CNCCO1. The molecule has 1 saturated heterocycles. The average Bonchev–Trinajstić information content (AvgIpc) is 2.31. The Balaban J connectivity index is 2.33. The second-order valence-electron chi connectivity index (χ2n) is 5.12. The van der Waals surface area contributed by atoms with Crippen molar-refractivity contribution in [3.63, 3.8) is 0 Å². The first-order valence-electron chi connectivity index (χ1n) is 7.17. The van der Waals surface area contributed by atoms with Crippen molar-refractivity contribution in [1.82, 2.24) is 5.32 Å². The molecule has 1 aliphatic rings. The van der Waals surface area contributed by atoms with Gasteiger partial charge in [-0.15, -0.1) is 0 Å². The molecule has 0 saturated carbocycles. The smallest absolute Gasteiger partial charge is 0.0806 e. The standard InChI is InChI=1S/C14H29NO/c1-3-5-7-9-14(10-8-6-4-2)13-15-11-12-16-14/h15H,3-13H2,1-2H3. The largest absolute Gasteiger partial charge is 0.372 e. The van der Waals surface area contributed by atoms with Gasteiger partial charge in [0.15, 0.2) is 0 Å². The Morgan fingerprint density at radius 2 is 1.62 bits per heavy atom. The molecule has 0 aromatic carbocycles. The maximum Gasteiger partial charge on any atom is 0.0806 e. The van der Waals surface area contributed by atoms with E-state index in [0.29, 0.717) is 0 Å². The number of hydrogen-bond donors (Lipinski definition) is 1. The van der Waals surface area contributed by atoms with Crippen LogP contribution in [0.2, 0.25) is 0 Å². The third kappa shape index (κ3) is 4.84. The molecule has 0 radical (unpaired) electrons. The number of nitrogens with one attached hydrogen (secondary N) is 1. The summed E-state index contributed by atoms with van der Waals surface area (Å²) in [4.78, 5) is 0. The summed E-state index contributed by atoms with van der Waals surface area (Å²) in [6.07, 6.45) is 10.4. The van der Waals surface area contributed by atoms with E-state index in [1.165, 1.54) is 51.4 Å². The number of rotatable bonds is 8. The van der Waals surface area contributed by atoms with E-state index in [9.17, 15) is 0 Å². The van der Waals surface area contributed by atoms with E-state index in [0.717, 1.165) is 19.7 Å². The van der Waals surface area contributed by atoms with Crippen LogP contribution >= 0.6 is 0 Å². The molecule has 0 aromatic heterocycles. The van der Waals surface area contributed by atoms with Crippen molar-refractivity contribution in [2.24, 2.45) is 0 Å². The Bertz CT molecular complexity index is 152. The molecular weight excluding hydrogens is 198 g/mol. The number of hydrogen-bond acceptors (Lipinski definition) is 2. The summed E-state index contributed by atoms with van der Waals surface area (Å²) in [5.41, 5.74) is 0.169. The second-order valence-corrected chi connectivity index (χ2v) is 5.12. The van der Waals surface area contributed by atoms with E-state index in [1.807, 2.05) is 0 Å². The Morgan fingerprint density at radius 1 is 1.00 bits per heavy atom. The molecule has 2 heteroatoms. The predicted molar refractivity (Wildman–Crippen MR) is 69.8 cm³/mol. The number of morpholine rings is 1. The van der Waals surface area contributed by atoms with Crippen LogP contribution in [-0.2, 0) is 4.74 Å². The molecule has 1 rings (SSSR count). The second kappa shape index (κ2) is 8.08. The summed E-state index contributed by atoms with van der Waals surface area (Å²) in [6.45, 7) is 7.54. The third-order valence-corrected chi connectivity index (χ3v) is 3.61. The van der Waals surface area contributed by atoms with Gasteiger partial charge >= 0.3 is 0 Å². The van der Waals surface area contributed by atoms with Crippen LogP contribution in [-0.4, -0.2) is 25.3 Å². The van der Waals surface area contributed by atoms with Crippen LogP contribution in [0.1, 0.15) is 65.2 Å². The molecule has 1 heterocycles. The molecule has 16 heavy (non-hydrogen) atoms. The summed E-state index contributed by atoms with van der Waals surface area (Å²) >= 11 is 0. The van der Waals surface area contributed by atoms with Gasteiger partial charge in [-0.05, 0) is 12.8 Å². The maximum atomic E-state index is 6.10. The first-order chi connectivity index (χ1) is 7.83. The lowest BCUT2D eigenvalue weighted by Gasteiger charge is -2.38. The van der Waals surface area contributed by atoms with E-state index in [-0.39, 0.29) is 5.60 Å². The van der Waals surface area contributed by atoms with Gasteiger partial charge in [-0.2, -0.15) is 0 Å². The fourth-order valence-electron chi connectivity index (χ4n) is 2.55. The Kier molecular flexibility index (Phi) is 7.06. The highest BCUT2D eigenvalue weighted by atomic mass is 16.5. The molecule has 2 nitrogen and oxygen atoms in total. The van der Waals surface area contributed by atoms with Gasteiger partial charge in [0.1, 0.15) is 0 Å². The minimum atomic E-state index is 0.169. The lowest BCUT2D eigenvalue weighted by Crippen LogP contribution is -2.49. The quantitative estimate of drug-likeness (QED) is 0.641. The number of unbranched alkanes of at least 4 members (excludes halogenated alkanes) is 4. The molecule has 1 fully saturated rings. The zero-order valence-corrected chi connectivity index (χ0v) is 11.2. The molecule has 0 aliphatic carbocycles. The van der Waals surface area contributed by atoms with Crippen LogP contribution in [0.25, 0.3) is 0 Å². The summed E-state index contributed by atoms with van der Waals surface area (Å²) in [5, 5.41) is 3.50. The van der Waals surface area contributed by atoms with Gasteiger partial charge < -0.3 is 10.1 Å². The van der Waals surface area contributed by atoms with Gasteiger partial charge in [-0.3, -0.25) is 0 Å². The fraction of sp³-hybridized carbons (Fsp3) is 1.00. The summed E-state index contributed by atoms with van der Waals surface area (Å²) < 4.78 is 6.10. The van der Waals surface area contributed by atoms with Gasteiger partial charge in [-0.25, -0.2) is 0 Å². The zero-order chi connectivity index (χ0) is 11.7. The molecule has 0 spiro atoms. The van der Waals surface area contributed by atoms with Gasteiger partial charge in [0, 0.05) is 13.1 Å². The topological polar surface area (TPSA) is 21.3 Å². The van der Waals surface area contributed by atoms with Crippen molar-refractivity contribution in [2.45, 2.75) is 70.8 Å². The third-order valence-electron chi connectivity index (χ3n) is 3.61. The van der Waals surface area contributed by atoms with E-state index >= 15 is 0 Å². The highest BCUT2D eigenvalue weighted by Crippen LogP contribution is 2.27. The Morgan fingerprint density at radius 3 is 2.06 bits per heavy atom. The van der Waals surface area contributed by atoms with Crippen molar-refractivity contribution in [1.29, 1.82) is 0 Å². The van der Waals surface area contributed by atoms with Crippen molar-refractivity contribution in [3.8, 4) is 0 Å². The summed E-state index contributed by atoms with van der Waals surface area (Å²) in [7, 11) is 0. The van der Waals surface area contributed by atoms with E-state index in [1.54, 1.807) is 0 Å². The molecule has 0 aromatic rings. The van der Waals surface area contributed by atoms with Crippen molar-refractivity contribution < 1.29 is 4.74 Å². The summed E-state index contributed by atoms with van der Waals surface area (Å²) in [5.74, 6) is 0. The molecule has 1 aliphatic heterocycles. The highest BCUT2D eigenvalue weighted by Gasteiger charge is 2.31. The Labute approximate surface area is 101 Å². The van der Waals surface area contributed by atoms with Crippen LogP contribution in [0.15, 0.2) is 0 Å². The Hall–Kier alpha value is -0.0800.